The first-order valence-electron chi connectivity index (χ1n) is 10.4. The van der Waals surface area contributed by atoms with Crippen LogP contribution in [0.4, 0.5) is 4.79 Å². The van der Waals surface area contributed by atoms with E-state index in [4.69, 9.17) is 16.3 Å². The molecule has 0 N–H and O–H groups in total. The van der Waals surface area contributed by atoms with Gasteiger partial charge in [-0.3, -0.25) is 4.98 Å². The second kappa shape index (κ2) is 10.4. The number of sulfonamides is 1. The van der Waals surface area contributed by atoms with Gasteiger partial charge in [-0.05, 0) is 68.7 Å². The average Bonchev–Trinajstić information content (AvgIpc) is 2.76. The molecular formula is C22H28ClN3O4S. The van der Waals surface area contributed by atoms with Crippen molar-refractivity contribution in [3.05, 3.63) is 59.4 Å². The van der Waals surface area contributed by atoms with Gasteiger partial charge >= 0.3 is 6.09 Å². The zero-order valence-electron chi connectivity index (χ0n) is 17.8. The van der Waals surface area contributed by atoms with Crippen LogP contribution in [0.2, 0.25) is 5.02 Å². The van der Waals surface area contributed by atoms with Crippen LogP contribution in [-0.2, 0) is 21.3 Å². The molecular weight excluding hydrogens is 438 g/mol. The maximum Gasteiger partial charge on any atom is 0.410 e. The van der Waals surface area contributed by atoms with Crippen LogP contribution in [-0.4, -0.2) is 53.9 Å². The monoisotopic (exact) mass is 465 g/mol. The Morgan fingerprint density at radius 2 is 1.87 bits per heavy atom. The SMILES string of the molecule is CCN(Cc1ccncc1)C(=O)OC[C@H]1CCC[C@@H](C)N1S(=O)(=O)c1ccc(Cl)cc1. The molecule has 1 aliphatic heterocycles. The van der Waals surface area contributed by atoms with E-state index >= 15 is 0 Å². The summed E-state index contributed by atoms with van der Waals surface area (Å²) in [6.45, 7) is 4.68. The van der Waals surface area contributed by atoms with Gasteiger partial charge in [-0.2, -0.15) is 4.31 Å². The summed E-state index contributed by atoms with van der Waals surface area (Å²) in [5.74, 6) is 0. The number of aromatic nitrogens is 1. The third kappa shape index (κ3) is 5.75. The molecule has 0 bridgehead atoms. The Kier molecular flexibility index (Phi) is 7.91. The third-order valence-electron chi connectivity index (χ3n) is 5.50. The number of hydrogen-bond acceptors (Lipinski definition) is 5. The van der Waals surface area contributed by atoms with Crippen molar-refractivity contribution in [3.8, 4) is 0 Å². The Balaban J connectivity index is 1.71. The molecule has 168 valence electrons. The van der Waals surface area contributed by atoms with Gasteiger partial charge in [-0.1, -0.05) is 18.0 Å². The molecule has 31 heavy (non-hydrogen) atoms. The van der Waals surface area contributed by atoms with Crippen LogP contribution in [0.3, 0.4) is 0 Å². The van der Waals surface area contributed by atoms with Crippen LogP contribution in [0.5, 0.6) is 0 Å². The molecule has 1 fully saturated rings. The Hall–Kier alpha value is -2.16. The van der Waals surface area contributed by atoms with E-state index in [2.05, 4.69) is 4.98 Å². The topological polar surface area (TPSA) is 79.8 Å². The van der Waals surface area contributed by atoms with Crippen molar-refractivity contribution < 1.29 is 17.9 Å². The Morgan fingerprint density at radius 1 is 1.19 bits per heavy atom. The predicted octanol–water partition coefficient (Wildman–Crippen LogP) is 4.33. The maximum atomic E-state index is 13.3. The molecule has 1 aromatic carbocycles. The van der Waals surface area contributed by atoms with E-state index in [1.807, 2.05) is 26.0 Å². The highest BCUT2D eigenvalue weighted by molar-refractivity contribution is 7.89. The van der Waals surface area contributed by atoms with Gasteiger partial charge in [0.15, 0.2) is 0 Å². The van der Waals surface area contributed by atoms with Crippen LogP contribution in [0.15, 0.2) is 53.7 Å². The van der Waals surface area contributed by atoms with E-state index in [1.54, 1.807) is 29.4 Å². The lowest BCUT2D eigenvalue weighted by Gasteiger charge is -2.39. The van der Waals surface area contributed by atoms with Crippen LogP contribution >= 0.6 is 11.6 Å². The number of rotatable bonds is 7. The number of nitrogens with zero attached hydrogens (tertiary/aromatic N) is 3. The summed E-state index contributed by atoms with van der Waals surface area (Å²) < 4.78 is 33.7. The molecule has 0 spiro atoms. The molecule has 2 atom stereocenters. The number of ether oxygens (including phenoxy) is 1. The smallest absolute Gasteiger partial charge is 0.410 e. The number of carbonyl (C=O) groups excluding carboxylic acids is 1. The van der Waals surface area contributed by atoms with Crippen molar-refractivity contribution in [2.75, 3.05) is 13.2 Å². The third-order valence-corrected chi connectivity index (χ3v) is 7.84. The van der Waals surface area contributed by atoms with E-state index in [-0.39, 0.29) is 17.5 Å². The molecule has 1 aromatic heterocycles. The lowest BCUT2D eigenvalue weighted by Crippen LogP contribution is -2.51. The van der Waals surface area contributed by atoms with Crippen LogP contribution in [0.1, 0.15) is 38.7 Å². The molecule has 1 amide bonds. The number of pyridine rings is 1. The average molecular weight is 466 g/mol. The molecule has 2 aromatic rings. The second-order valence-corrected chi connectivity index (χ2v) is 9.95. The Bertz CT molecular complexity index is 970. The number of piperidine rings is 1. The standard InChI is InChI=1S/C22H28ClN3O4S/c1-3-25(15-18-11-13-24-14-12-18)22(27)30-16-20-6-4-5-17(2)26(20)31(28,29)21-9-7-19(23)8-10-21/h7-14,17,20H,3-6,15-16H2,1-2H3/t17-,20-/m1/s1. The summed E-state index contributed by atoms with van der Waals surface area (Å²) in [5.41, 5.74) is 0.951. The van der Waals surface area contributed by atoms with Gasteiger partial charge in [0.25, 0.3) is 0 Å². The highest BCUT2D eigenvalue weighted by atomic mass is 35.5. The molecule has 7 nitrogen and oxygen atoms in total. The minimum Gasteiger partial charge on any atom is -0.448 e. The fraction of sp³-hybridized carbons (Fsp3) is 0.455. The predicted molar refractivity (Wildman–Crippen MR) is 119 cm³/mol. The van der Waals surface area contributed by atoms with Gasteiger partial charge in [0.1, 0.15) is 6.61 Å². The van der Waals surface area contributed by atoms with Gasteiger partial charge < -0.3 is 9.64 Å². The highest BCUT2D eigenvalue weighted by Crippen LogP contribution is 2.30. The van der Waals surface area contributed by atoms with Crippen molar-refractivity contribution in [1.29, 1.82) is 0 Å². The van der Waals surface area contributed by atoms with Gasteiger partial charge in [-0.15, -0.1) is 0 Å². The maximum absolute atomic E-state index is 13.3. The molecule has 0 aliphatic carbocycles. The largest absolute Gasteiger partial charge is 0.448 e. The van der Waals surface area contributed by atoms with Crippen molar-refractivity contribution in [3.63, 3.8) is 0 Å². The van der Waals surface area contributed by atoms with Crippen LogP contribution in [0.25, 0.3) is 0 Å². The second-order valence-electron chi connectivity index (χ2n) is 7.67. The number of carbonyl (C=O) groups is 1. The quantitative estimate of drug-likeness (QED) is 0.608. The van der Waals surface area contributed by atoms with E-state index in [0.717, 1.165) is 18.4 Å². The first-order valence-corrected chi connectivity index (χ1v) is 12.2. The van der Waals surface area contributed by atoms with E-state index < -0.39 is 22.2 Å². The first-order chi connectivity index (χ1) is 14.8. The van der Waals surface area contributed by atoms with Crippen LogP contribution < -0.4 is 0 Å². The molecule has 1 saturated heterocycles. The molecule has 0 radical (unpaired) electrons. The number of hydrogen-bond donors (Lipinski definition) is 0. The zero-order valence-corrected chi connectivity index (χ0v) is 19.3. The fourth-order valence-electron chi connectivity index (χ4n) is 3.85. The van der Waals surface area contributed by atoms with Crippen molar-refractivity contribution in [1.82, 2.24) is 14.2 Å². The van der Waals surface area contributed by atoms with E-state index in [1.165, 1.54) is 16.4 Å². The summed E-state index contributed by atoms with van der Waals surface area (Å²) in [4.78, 5) is 18.4. The first kappa shape index (κ1) is 23.5. The molecule has 1 aliphatic rings. The van der Waals surface area contributed by atoms with Crippen LogP contribution in [0, 0.1) is 0 Å². The van der Waals surface area contributed by atoms with E-state index in [0.29, 0.717) is 24.5 Å². The minimum atomic E-state index is -3.74. The fourth-order valence-corrected chi connectivity index (χ4v) is 5.84. The van der Waals surface area contributed by atoms with Gasteiger partial charge in [0, 0.05) is 36.5 Å². The highest BCUT2D eigenvalue weighted by Gasteiger charge is 2.38. The number of halogens is 1. The molecule has 0 saturated carbocycles. The van der Waals surface area contributed by atoms with Gasteiger partial charge in [0.05, 0.1) is 10.9 Å². The summed E-state index contributed by atoms with van der Waals surface area (Å²) >= 11 is 5.92. The summed E-state index contributed by atoms with van der Waals surface area (Å²) in [6.07, 6.45) is 5.18. The summed E-state index contributed by atoms with van der Waals surface area (Å²) in [7, 11) is -3.74. The Labute approximate surface area is 189 Å². The van der Waals surface area contributed by atoms with E-state index in [9.17, 15) is 13.2 Å². The zero-order chi connectivity index (χ0) is 22.4. The number of benzene rings is 1. The van der Waals surface area contributed by atoms with Gasteiger partial charge in [-0.25, -0.2) is 13.2 Å². The summed E-state index contributed by atoms with van der Waals surface area (Å²) in [5, 5.41) is 0.477. The molecule has 9 heteroatoms. The Morgan fingerprint density at radius 3 is 2.52 bits per heavy atom. The summed E-state index contributed by atoms with van der Waals surface area (Å²) in [6, 6.07) is 9.25. The number of amides is 1. The van der Waals surface area contributed by atoms with Crippen molar-refractivity contribution in [2.45, 2.75) is 56.6 Å². The van der Waals surface area contributed by atoms with Crippen molar-refractivity contribution in [2.24, 2.45) is 0 Å². The lowest BCUT2D eigenvalue weighted by atomic mass is 10.0. The minimum absolute atomic E-state index is 0.0167. The van der Waals surface area contributed by atoms with Crippen molar-refractivity contribution >= 4 is 27.7 Å². The molecule has 3 rings (SSSR count). The normalized spacial score (nSPS) is 19.7. The molecule has 0 unspecified atom stereocenters. The van der Waals surface area contributed by atoms with Gasteiger partial charge in [0.2, 0.25) is 10.0 Å². The molecule has 2 heterocycles. The lowest BCUT2D eigenvalue weighted by molar-refractivity contribution is 0.0640.